The average molecular weight is 391 g/mol. The van der Waals surface area contributed by atoms with Gasteiger partial charge in [-0.25, -0.2) is 0 Å². The minimum absolute atomic E-state index is 0.471. The third kappa shape index (κ3) is 6.61. The second kappa shape index (κ2) is 10.8. The van der Waals surface area contributed by atoms with Crippen LogP contribution < -0.4 is 10.6 Å². The Balaban J connectivity index is 1.43. The van der Waals surface area contributed by atoms with Gasteiger partial charge in [-0.05, 0) is 31.7 Å². The Hall–Kier alpha value is -1.40. The number of likely N-dealkylation sites (tertiary alicyclic amines) is 1. The van der Waals surface area contributed by atoms with E-state index in [0.29, 0.717) is 24.1 Å². The summed E-state index contributed by atoms with van der Waals surface area (Å²) >= 11 is 0. The third-order valence-corrected chi connectivity index (χ3v) is 6.80. The highest BCUT2D eigenvalue weighted by Gasteiger charge is 2.30. The van der Waals surface area contributed by atoms with Crippen molar-refractivity contribution in [1.29, 1.82) is 0 Å². The highest BCUT2D eigenvalue weighted by molar-refractivity contribution is 7.84. The van der Waals surface area contributed by atoms with Crippen molar-refractivity contribution in [2.24, 2.45) is 4.99 Å². The summed E-state index contributed by atoms with van der Waals surface area (Å²) < 4.78 is 12.3. The molecule has 0 bridgehead atoms. The van der Waals surface area contributed by atoms with Crippen LogP contribution in [-0.2, 0) is 16.6 Å². The van der Waals surface area contributed by atoms with Crippen molar-refractivity contribution in [2.45, 2.75) is 56.9 Å². The first-order valence-corrected chi connectivity index (χ1v) is 11.9. The second-order valence-corrected chi connectivity index (χ2v) is 9.17. The maximum Gasteiger partial charge on any atom is 0.191 e. The third-order valence-electron chi connectivity index (χ3n) is 5.51. The van der Waals surface area contributed by atoms with Crippen molar-refractivity contribution in [3.8, 4) is 0 Å². The molecule has 1 saturated heterocycles. The van der Waals surface area contributed by atoms with Crippen molar-refractivity contribution in [3.63, 3.8) is 0 Å². The molecule has 5 nitrogen and oxygen atoms in total. The van der Waals surface area contributed by atoms with Crippen molar-refractivity contribution in [2.75, 3.05) is 31.9 Å². The zero-order valence-electron chi connectivity index (χ0n) is 16.5. The molecule has 150 valence electrons. The summed E-state index contributed by atoms with van der Waals surface area (Å²) in [6.07, 6.45) is 6.70. The Morgan fingerprint density at radius 1 is 1.22 bits per heavy atom. The minimum Gasteiger partial charge on any atom is -0.357 e. The molecule has 27 heavy (non-hydrogen) atoms. The van der Waals surface area contributed by atoms with Crippen LogP contribution in [0.4, 0.5) is 0 Å². The molecule has 2 atom stereocenters. The molecule has 2 N–H and O–H groups in total. The molecule has 0 aromatic heterocycles. The van der Waals surface area contributed by atoms with Gasteiger partial charge in [-0.15, -0.1) is 0 Å². The first-order valence-electron chi connectivity index (χ1n) is 10.4. The normalized spacial score (nSPS) is 22.9. The topological polar surface area (TPSA) is 56.7 Å². The summed E-state index contributed by atoms with van der Waals surface area (Å²) in [4.78, 5) is 7.32. The SMILES string of the molecule is CCNC(=NCCS(=O)Cc1ccccc1)NC1CCN(C2CCCC2)C1. The Bertz CT molecular complexity index is 616. The fraction of sp³-hybridized carbons (Fsp3) is 0.667. The van der Waals surface area contributed by atoms with Gasteiger partial charge in [-0.2, -0.15) is 0 Å². The van der Waals surface area contributed by atoms with Gasteiger partial charge in [0.2, 0.25) is 0 Å². The van der Waals surface area contributed by atoms with Gasteiger partial charge in [0.25, 0.3) is 0 Å². The zero-order valence-corrected chi connectivity index (χ0v) is 17.3. The van der Waals surface area contributed by atoms with Gasteiger partial charge in [0.15, 0.2) is 5.96 Å². The highest BCUT2D eigenvalue weighted by atomic mass is 32.2. The van der Waals surface area contributed by atoms with E-state index < -0.39 is 10.8 Å². The second-order valence-electron chi connectivity index (χ2n) is 7.60. The number of nitrogens with zero attached hydrogens (tertiary/aromatic N) is 2. The van der Waals surface area contributed by atoms with E-state index in [9.17, 15) is 4.21 Å². The number of aliphatic imine (C=N–C) groups is 1. The number of hydrogen-bond donors (Lipinski definition) is 2. The summed E-state index contributed by atoms with van der Waals surface area (Å²) in [7, 11) is -0.874. The summed E-state index contributed by atoms with van der Waals surface area (Å²) in [6, 6.07) is 11.3. The van der Waals surface area contributed by atoms with Crippen LogP contribution in [-0.4, -0.2) is 59.1 Å². The number of nitrogens with one attached hydrogen (secondary N) is 2. The molecule has 1 saturated carbocycles. The molecule has 0 spiro atoms. The molecule has 2 fully saturated rings. The summed E-state index contributed by atoms with van der Waals surface area (Å²) in [5, 5.41) is 6.93. The number of benzene rings is 1. The van der Waals surface area contributed by atoms with Crippen molar-refractivity contribution in [1.82, 2.24) is 15.5 Å². The predicted molar refractivity (Wildman–Crippen MR) is 115 cm³/mol. The Kier molecular flexibility index (Phi) is 8.14. The Morgan fingerprint density at radius 3 is 2.74 bits per heavy atom. The molecule has 1 heterocycles. The van der Waals surface area contributed by atoms with Gasteiger partial charge in [0, 0.05) is 54.0 Å². The summed E-state index contributed by atoms with van der Waals surface area (Å²) in [5.74, 6) is 2.08. The highest BCUT2D eigenvalue weighted by Crippen LogP contribution is 2.26. The first kappa shape index (κ1) is 20.3. The van der Waals surface area contributed by atoms with E-state index in [0.717, 1.165) is 30.7 Å². The van der Waals surface area contributed by atoms with Crippen LogP contribution >= 0.6 is 0 Å². The van der Waals surface area contributed by atoms with Crippen LogP contribution in [0, 0.1) is 0 Å². The lowest BCUT2D eigenvalue weighted by atomic mass is 10.2. The molecule has 6 heteroatoms. The molecule has 2 unspecified atom stereocenters. The first-order chi connectivity index (χ1) is 13.2. The van der Waals surface area contributed by atoms with Crippen molar-refractivity contribution in [3.05, 3.63) is 35.9 Å². The van der Waals surface area contributed by atoms with Crippen LogP contribution in [0.15, 0.2) is 35.3 Å². The van der Waals surface area contributed by atoms with Crippen LogP contribution in [0.2, 0.25) is 0 Å². The molecule has 1 aromatic rings. The van der Waals surface area contributed by atoms with Gasteiger partial charge >= 0.3 is 0 Å². The van der Waals surface area contributed by atoms with Crippen LogP contribution in [0.3, 0.4) is 0 Å². The summed E-state index contributed by atoms with van der Waals surface area (Å²) in [5.41, 5.74) is 1.13. The van der Waals surface area contributed by atoms with E-state index in [4.69, 9.17) is 0 Å². The molecule has 1 aliphatic carbocycles. The van der Waals surface area contributed by atoms with E-state index >= 15 is 0 Å². The number of hydrogen-bond acceptors (Lipinski definition) is 3. The quantitative estimate of drug-likeness (QED) is 0.529. The van der Waals surface area contributed by atoms with Crippen LogP contribution in [0.25, 0.3) is 0 Å². The molecular formula is C21H34N4OS. The zero-order chi connectivity index (χ0) is 18.9. The van der Waals surface area contributed by atoms with Gasteiger partial charge in [-0.3, -0.25) is 14.1 Å². The predicted octanol–water partition coefficient (Wildman–Crippen LogP) is 2.51. The minimum atomic E-state index is -0.874. The summed E-state index contributed by atoms with van der Waals surface area (Å²) in [6.45, 7) is 5.84. The molecular weight excluding hydrogens is 356 g/mol. The van der Waals surface area contributed by atoms with E-state index in [1.165, 1.54) is 38.6 Å². The van der Waals surface area contributed by atoms with Gasteiger partial charge < -0.3 is 10.6 Å². The van der Waals surface area contributed by atoms with E-state index in [2.05, 4.69) is 27.4 Å². The lowest BCUT2D eigenvalue weighted by Crippen LogP contribution is -2.45. The number of guanidine groups is 1. The standard InChI is InChI=1S/C21H34N4OS/c1-2-22-21(23-13-15-27(26)17-18-8-4-3-5-9-18)24-19-12-14-25(16-19)20-10-6-7-11-20/h3-5,8-9,19-20H,2,6-7,10-17H2,1H3,(H2,22,23,24). The molecule has 2 aliphatic rings. The molecule has 0 amide bonds. The van der Waals surface area contributed by atoms with Gasteiger partial charge in [0.05, 0.1) is 6.54 Å². The fourth-order valence-corrected chi connectivity index (χ4v) is 5.11. The molecule has 3 rings (SSSR count). The average Bonchev–Trinajstić information content (AvgIpc) is 3.34. The largest absolute Gasteiger partial charge is 0.357 e. The van der Waals surface area contributed by atoms with E-state index in [1.807, 2.05) is 30.3 Å². The van der Waals surface area contributed by atoms with Crippen LogP contribution in [0.1, 0.15) is 44.6 Å². The van der Waals surface area contributed by atoms with E-state index in [1.54, 1.807) is 0 Å². The molecule has 1 aliphatic heterocycles. The van der Waals surface area contributed by atoms with Crippen LogP contribution in [0.5, 0.6) is 0 Å². The number of rotatable bonds is 8. The monoisotopic (exact) mass is 390 g/mol. The molecule has 1 aromatic carbocycles. The maximum atomic E-state index is 12.3. The maximum absolute atomic E-state index is 12.3. The lowest BCUT2D eigenvalue weighted by Gasteiger charge is -2.24. The van der Waals surface area contributed by atoms with Crippen molar-refractivity contribution >= 4 is 16.8 Å². The Morgan fingerprint density at radius 2 is 2.00 bits per heavy atom. The Labute approximate surface area is 166 Å². The van der Waals surface area contributed by atoms with E-state index in [-0.39, 0.29) is 0 Å². The molecule has 0 radical (unpaired) electrons. The van der Waals surface area contributed by atoms with Gasteiger partial charge in [0.1, 0.15) is 0 Å². The van der Waals surface area contributed by atoms with Crippen molar-refractivity contribution < 1.29 is 4.21 Å². The van der Waals surface area contributed by atoms with Gasteiger partial charge in [-0.1, -0.05) is 43.2 Å². The smallest absolute Gasteiger partial charge is 0.191 e. The lowest BCUT2D eigenvalue weighted by molar-refractivity contribution is 0.242. The fourth-order valence-electron chi connectivity index (χ4n) is 4.11.